The highest BCUT2D eigenvalue weighted by Crippen LogP contribution is 2.57. The average Bonchev–Trinajstić information content (AvgIpc) is 3.44. The fraction of sp³-hybridized carbons (Fsp3) is 0.364. The summed E-state index contributed by atoms with van der Waals surface area (Å²) in [5.74, 6) is 0.187. The number of nitrogens with zero attached hydrogens (tertiary/aromatic N) is 5. The van der Waals surface area contributed by atoms with Gasteiger partial charge in [0.1, 0.15) is 35.7 Å². The number of aliphatic hydroxyl groups is 1. The van der Waals surface area contributed by atoms with E-state index in [9.17, 15) is 14.5 Å². The Bertz CT molecular complexity index is 1610. The summed E-state index contributed by atoms with van der Waals surface area (Å²) in [5.41, 5.74) is 7.64. The molecule has 0 radical (unpaired) electrons. The highest BCUT2D eigenvalue weighted by atomic mass is 31.2. The fourth-order valence-corrected chi connectivity index (χ4v) is 5.83. The molecule has 0 spiro atoms. The molecule has 0 aliphatic carbocycles. The van der Waals surface area contributed by atoms with E-state index in [1.165, 1.54) is 23.3 Å². The van der Waals surface area contributed by atoms with E-state index in [-0.39, 0.29) is 19.0 Å². The van der Waals surface area contributed by atoms with Gasteiger partial charge >= 0.3 is 13.4 Å². The summed E-state index contributed by atoms with van der Waals surface area (Å²) < 4.78 is 42.7. The Morgan fingerprint density at radius 1 is 1.27 bits per heavy atom. The topological polar surface area (TPSA) is 177 Å². The minimum atomic E-state index is -4.12. The molecule has 194 valence electrons. The van der Waals surface area contributed by atoms with Crippen LogP contribution in [0.15, 0.2) is 46.1 Å². The maximum Gasteiger partial charge on any atom is 0.475 e. The van der Waals surface area contributed by atoms with Gasteiger partial charge in [0, 0.05) is 37.3 Å². The van der Waals surface area contributed by atoms with Crippen molar-refractivity contribution < 1.29 is 32.4 Å². The molecule has 15 heteroatoms. The normalized spacial score (nSPS) is 27.5. The molecular formula is C22H23N6O8P. The Balaban J connectivity index is 1.21. The van der Waals surface area contributed by atoms with Gasteiger partial charge in [-0.15, -0.1) is 0 Å². The Morgan fingerprint density at radius 3 is 2.92 bits per heavy atom. The smallest absolute Gasteiger partial charge is 0.423 e. The molecule has 2 aliphatic rings. The summed E-state index contributed by atoms with van der Waals surface area (Å²) in [5, 5.41) is 11.6. The van der Waals surface area contributed by atoms with Gasteiger partial charge in [0.2, 0.25) is 0 Å². The number of aliphatic hydroxyl groups excluding tert-OH is 1. The molecule has 5 heterocycles. The predicted molar refractivity (Wildman–Crippen MR) is 130 cm³/mol. The Morgan fingerprint density at radius 2 is 2.11 bits per heavy atom. The molecular weight excluding hydrogens is 507 g/mol. The molecule has 4 aromatic rings. The first-order valence-electron chi connectivity index (χ1n) is 11.3. The quantitative estimate of drug-likeness (QED) is 0.281. The van der Waals surface area contributed by atoms with Crippen LogP contribution in [0.2, 0.25) is 0 Å². The van der Waals surface area contributed by atoms with E-state index in [1.807, 2.05) is 25.1 Å². The zero-order valence-electron chi connectivity index (χ0n) is 19.8. The molecule has 14 nitrogen and oxygen atoms in total. The molecule has 3 N–H and O–H groups in total. The second-order valence-corrected chi connectivity index (χ2v) is 10.5. The number of nitrogens with two attached hydrogens (primary N) is 1. The molecule has 2 saturated heterocycles. The van der Waals surface area contributed by atoms with E-state index in [4.69, 9.17) is 28.5 Å². The Kier molecular flexibility index (Phi) is 5.75. The highest BCUT2D eigenvalue weighted by molar-refractivity contribution is 7.48. The van der Waals surface area contributed by atoms with Crippen molar-refractivity contribution in [3.63, 3.8) is 0 Å². The van der Waals surface area contributed by atoms with Crippen LogP contribution in [-0.4, -0.2) is 63.6 Å². The number of benzene rings is 1. The predicted octanol–water partition coefficient (Wildman–Crippen LogP) is 1.58. The van der Waals surface area contributed by atoms with Crippen LogP contribution in [0.5, 0.6) is 0 Å². The first kappa shape index (κ1) is 24.0. The number of hydrogen-bond donors (Lipinski definition) is 2. The SMILES string of the molecule is CN(C)c1ccc2c(CO[P@@]3(=O)OC[C@H]4O[C@@H](n5cnc6c(N)ncnc65)[C@H](O)[C@@H]4O3)cc(=O)oc2c1. The van der Waals surface area contributed by atoms with Gasteiger partial charge in [0.15, 0.2) is 17.7 Å². The highest BCUT2D eigenvalue weighted by Gasteiger charge is 2.53. The van der Waals surface area contributed by atoms with E-state index < -0.39 is 38.0 Å². The average molecular weight is 530 g/mol. The summed E-state index contributed by atoms with van der Waals surface area (Å²) in [4.78, 5) is 26.3. The Hall–Kier alpha value is -3.39. The lowest BCUT2D eigenvalue weighted by atomic mass is 10.1. The van der Waals surface area contributed by atoms with Crippen LogP contribution in [0.3, 0.4) is 0 Å². The number of nitrogen functional groups attached to an aromatic ring is 1. The van der Waals surface area contributed by atoms with E-state index in [2.05, 4.69) is 15.0 Å². The van der Waals surface area contributed by atoms with Crippen molar-refractivity contribution >= 4 is 41.5 Å². The number of aromatic nitrogens is 4. The Labute approximate surface area is 209 Å². The minimum absolute atomic E-state index is 0.150. The third kappa shape index (κ3) is 4.17. The van der Waals surface area contributed by atoms with Crippen molar-refractivity contribution in [1.29, 1.82) is 0 Å². The molecule has 0 amide bonds. The molecule has 1 aromatic carbocycles. The van der Waals surface area contributed by atoms with Gasteiger partial charge in [-0.2, -0.15) is 0 Å². The molecule has 0 bridgehead atoms. The second kappa shape index (κ2) is 8.87. The number of fused-ring (bicyclic) bond motifs is 3. The van der Waals surface area contributed by atoms with Gasteiger partial charge in [0.25, 0.3) is 0 Å². The first-order chi connectivity index (χ1) is 17.7. The molecule has 2 fully saturated rings. The molecule has 6 rings (SSSR count). The minimum Gasteiger partial charge on any atom is -0.423 e. The summed E-state index contributed by atoms with van der Waals surface area (Å²) in [6.45, 7) is -0.399. The molecule has 5 atom stereocenters. The van der Waals surface area contributed by atoms with Gasteiger partial charge < -0.3 is 24.9 Å². The van der Waals surface area contributed by atoms with Crippen LogP contribution < -0.4 is 16.3 Å². The van der Waals surface area contributed by atoms with Gasteiger partial charge in [-0.1, -0.05) is 0 Å². The number of rotatable bonds is 5. The summed E-state index contributed by atoms with van der Waals surface area (Å²) >= 11 is 0. The van der Waals surface area contributed by atoms with Crippen LogP contribution in [0, 0.1) is 0 Å². The number of hydrogen-bond acceptors (Lipinski definition) is 13. The third-order valence-corrected chi connectivity index (χ3v) is 7.74. The van der Waals surface area contributed by atoms with Crippen LogP contribution in [0.4, 0.5) is 11.5 Å². The van der Waals surface area contributed by atoms with Crippen molar-refractivity contribution in [3.8, 4) is 0 Å². The summed E-state index contributed by atoms with van der Waals surface area (Å²) in [7, 11) is -0.379. The van der Waals surface area contributed by atoms with Crippen molar-refractivity contribution in [1.82, 2.24) is 19.5 Å². The fourth-order valence-electron chi connectivity index (χ4n) is 4.45. The summed E-state index contributed by atoms with van der Waals surface area (Å²) in [6.07, 6.45) is -1.23. The number of imidazole rings is 1. The van der Waals surface area contributed by atoms with Crippen molar-refractivity contribution in [2.24, 2.45) is 0 Å². The zero-order chi connectivity index (χ0) is 25.9. The van der Waals surface area contributed by atoms with Crippen LogP contribution in [-0.2, 0) is 29.5 Å². The number of ether oxygens (including phenoxy) is 1. The number of phosphoric ester groups is 1. The molecule has 2 aliphatic heterocycles. The molecule has 0 saturated carbocycles. The molecule has 0 unspecified atom stereocenters. The van der Waals surface area contributed by atoms with Gasteiger partial charge in [0.05, 0.1) is 19.5 Å². The zero-order valence-corrected chi connectivity index (χ0v) is 20.6. The van der Waals surface area contributed by atoms with Crippen LogP contribution in [0.25, 0.3) is 22.1 Å². The van der Waals surface area contributed by atoms with Gasteiger partial charge in [-0.05, 0) is 17.7 Å². The largest absolute Gasteiger partial charge is 0.475 e. The van der Waals surface area contributed by atoms with Crippen LogP contribution in [0.1, 0.15) is 11.8 Å². The lowest BCUT2D eigenvalue weighted by Crippen LogP contribution is -2.39. The maximum absolute atomic E-state index is 13.3. The first-order valence-corrected chi connectivity index (χ1v) is 12.8. The third-order valence-electron chi connectivity index (χ3n) is 6.33. The van der Waals surface area contributed by atoms with Gasteiger partial charge in [-0.25, -0.2) is 24.3 Å². The number of phosphoric acid groups is 1. The monoisotopic (exact) mass is 530 g/mol. The van der Waals surface area contributed by atoms with Crippen molar-refractivity contribution in [2.75, 3.05) is 31.3 Å². The van der Waals surface area contributed by atoms with Crippen LogP contribution >= 0.6 is 7.82 Å². The summed E-state index contributed by atoms with van der Waals surface area (Å²) in [6, 6.07) is 6.63. The lowest BCUT2D eigenvalue weighted by Gasteiger charge is -2.30. The maximum atomic E-state index is 13.3. The standard InChI is InChI=1S/C22H23N6O8P/c1-27(2)12-3-4-13-11(5-16(29)34-14(13)6-12)7-32-37(31)33-8-15-19(36-37)18(30)22(35-15)28-10-26-17-20(23)24-9-25-21(17)28/h3-6,9-10,15,18-19,22,30H,7-8H2,1-2H3,(H2,23,24,25)/t15-,18-,19-,22-,37+/m1/s1. The van der Waals surface area contributed by atoms with Gasteiger partial charge in [-0.3, -0.25) is 18.1 Å². The van der Waals surface area contributed by atoms with E-state index in [0.29, 0.717) is 27.7 Å². The second-order valence-electron chi connectivity index (χ2n) is 8.89. The van der Waals surface area contributed by atoms with Crippen molar-refractivity contribution in [3.05, 3.63) is 52.9 Å². The van der Waals surface area contributed by atoms with E-state index in [0.717, 1.165) is 5.69 Å². The van der Waals surface area contributed by atoms with Crippen molar-refractivity contribution in [2.45, 2.75) is 31.1 Å². The van der Waals surface area contributed by atoms with E-state index >= 15 is 0 Å². The molecule has 37 heavy (non-hydrogen) atoms. The lowest BCUT2D eigenvalue weighted by molar-refractivity contribution is -0.0714. The number of anilines is 2. The van der Waals surface area contributed by atoms with E-state index in [1.54, 1.807) is 12.1 Å². The molecule has 3 aromatic heterocycles.